The van der Waals surface area contributed by atoms with Crippen molar-refractivity contribution in [3.63, 3.8) is 0 Å². The van der Waals surface area contributed by atoms with Gasteiger partial charge in [0.1, 0.15) is 0 Å². The molecule has 0 atom stereocenters. The van der Waals surface area contributed by atoms with Crippen LogP contribution in [-0.2, 0) is 6.54 Å². The molecule has 0 saturated heterocycles. The predicted octanol–water partition coefficient (Wildman–Crippen LogP) is 4.44. The minimum Gasteiger partial charge on any atom is -0.334 e. The van der Waals surface area contributed by atoms with Crippen molar-refractivity contribution in [1.29, 1.82) is 5.26 Å². The molecular weight excluding hydrogens is 364 g/mol. The van der Waals surface area contributed by atoms with Crippen LogP contribution in [0, 0.1) is 18.3 Å². The molecule has 3 aromatic carbocycles. The van der Waals surface area contributed by atoms with Crippen molar-refractivity contribution in [2.24, 2.45) is 0 Å². The van der Waals surface area contributed by atoms with E-state index in [9.17, 15) is 9.59 Å². The number of carbonyl (C=O) groups excluding carboxylic acids is 2. The summed E-state index contributed by atoms with van der Waals surface area (Å²) < 4.78 is 0. The SMILES string of the molecule is Cc1cccc(CNC(=O)Nc2cccc(C(=O)Nc3cccc(C#N)c3)c2)c1. The van der Waals surface area contributed by atoms with Crippen LogP contribution in [0.3, 0.4) is 0 Å². The molecule has 0 bridgehead atoms. The lowest BCUT2D eigenvalue weighted by Crippen LogP contribution is -2.28. The third-order valence-electron chi connectivity index (χ3n) is 4.17. The van der Waals surface area contributed by atoms with E-state index in [0.29, 0.717) is 29.0 Å². The number of hydrogen-bond acceptors (Lipinski definition) is 3. The molecule has 0 spiro atoms. The Morgan fingerprint density at radius 2 is 1.62 bits per heavy atom. The Bertz CT molecular complexity index is 1090. The third kappa shape index (κ3) is 5.68. The zero-order valence-corrected chi connectivity index (χ0v) is 15.9. The molecule has 3 amide bonds. The second-order valence-electron chi connectivity index (χ2n) is 6.52. The minimum absolute atomic E-state index is 0.330. The van der Waals surface area contributed by atoms with Gasteiger partial charge in [-0.15, -0.1) is 0 Å². The molecule has 0 aromatic heterocycles. The molecule has 6 nitrogen and oxygen atoms in total. The normalized spacial score (nSPS) is 9.93. The Hall–Kier alpha value is -4.11. The predicted molar refractivity (Wildman–Crippen MR) is 113 cm³/mol. The summed E-state index contributed by atoms with van der Waals surface area (Å²) in [6.45, 7) is 2.40. The topological polar surface area (TPSA) is 94.0 Å². The maximum atomic E-state index is 12.5. The van der Waals surface area contributed by atoms with E-state index < -0.39 is 0 Å². The molecule has 29 heavy (non-hydrogen) atoms. The summed E-state index contributed by atoms with van der Waals surface area (Å²) in [4.78, 5) is 24.6. The van der Waals surface area contributed by atoms with Gasteiger partial charge >= 0.3 is 6.03 Å². The van der Waals surface area contributed by atoms with Gasteiger partial charge in [0.15, 0.2) is 0 Å². The Morgan fingerprint density at radius 1 is 0.897 bits per heavy atom. The summed E-state index contributed by atoms with van der Waals surface area (Å²) in [5, 5.41) is 17.2. The highest BCUT2D eigenvalue weighted by Gasteiger charge is 2.09. The van der Waals surface area contributed by atoms with Gasteiger partial charge in [0.05, 0.1) is 11.6 Å². The largest absolute Gasteiger partial charge is 0.334 e. The van der Waals surface area contributed by atoms with Gasteiger partial charge in [0, 0.05) is 23.5 Å². The minimum atomic E-state index is -0.356. The first kappa shape index (κ1) is 19.6. The van der Waals surface area contributed by atoms with Crippen LogP contribution in [0.2, 0.25) is 0 Å². The molecule has 6 heteroatoms. The average molecular weight is 384 g/mol. The second kappa shape index (κ2) is 9.20. The molecule has 0 aliphatic heterocycles. The number of nitriles is 1. The summed E-state index contributed by atoms with van der Waals surface area (Å²) in [5.74, 6) is -0.330. The van der Waals surface area contributed by atoms with Gasteiger partial charge < -0.3 is 16.0 Å². The first-order valence-electron chi connectivity index (χ1n) is 9.05. The lowest BCUT2D eigenvalue weighted by molar-refractivity contribution is 0.102. The van der Waals surface area contributed by atoms with E-state index >= 15 is 0 Å². The molecule has 0 fully saturated rings. The van der Waals surface area contributed by atoms with Gasteiger partial charge in [-0.05, 0) is 48.9 Å². The van der Waals surface area contributed by atoms with Crippen LogP contribution in [0.25, 0.3) is 0 Å². The first-order valence-corrected chi connectivity index (χ1v) is 9.05. The van der Waals surface area contributed by atoms with Crippen LogP contribution in [0.15, 0.2) is 72.8 Å². The molecule has 0 unspecified atom stereocenters. The molecule has 3 aromatic rings. The van der Waals surface area contributed by atoms with E-state index in [1.54, 1.807) is 48.5 Å². The van der Waals surface area contributed by atoms with Crippen LogP contribution in [-0.4, -0.2) is 11.9 Å². The number of nitrogens with one attached hydrogen (secondary N) is 3. The van der Waals surface area contributed by atoms with Crippen LogP contribution >= 0.6 is 0 Å². The number of amides is 3. The smallest absolute Gasteiger partial charge is 0.319 e. The zero-order chi connectivity index (χ0) is 20.6. The Balaban J connectivity index is 1.60. The standard InChI is InChI=1S/C23H20N4O2/c1-16-5-2-7-18(11-16)15-25-23(29)27-21-10-4-8-19(13-21)22(28)26-20-9-3-6-17(12-20)14-24/h2-13H,15H2,1H3,(H,26,28)(H2,25,27,29). The van der Waals surface area contributed by atoms with Gasteiger partial charge in [0.25, 0.3) is 5.91 Å². The van der Waals surface area contributed by atoms with Crippen molar-refractivity contribution < 1.29 is 9.59 Å². The number of rotatable bonds is 5. The van der Waals surface area contributed by atoms with Crippen molar-refractivity contribution >= 4 is 23.3 Å². The van der Waals surface area contributed by atoms with Crippen molar-refractivity contribution in [2.45, 2.75) is 13.5 Å². The van der Waals surface area contributed by atoms with E-state index in [2.05, 4.69) is 16.0 Å². The van der Waals surface area contributed by atoms with E-state index in [1.807, 2.05) is 37.3 Å². The Morgan fingerprint density at radius 3 is 2.38 bits per heavy atom. The van der Waals surface area contributed by atoms with Crippen molar-refractivity contribution in [3.05, 3.63) is 95.1 Å². The Kier molecular flexibility index (Phi) is 6.23. The van der Waals surface area contributed by atoms with Gasteiger partial charge in [-0.3, -0.25) is 4.79 Å². The van der Waals surface area contributed by atoms with E-state index in [1.165, 1.54) is 0 Å². The summed E-state index contributed by atoms with van der Waals surface area (Å²) in [6.07, 6.45) is 0. The highest BCUT2D eigenvalue weighted by Crippen LogP contribution is 2.15. The Labute approximate surface area is 169 Å². The highest BCUT2D eigenvalue weighted by molar-refractivity contribution is 6.05. The van der Waals surface area contributed by atoms with Crippen LogP contribution in [0.5, 0.6) is 0 Å². The van der Waals surface area contributed by atoms with Crippen molar-refractivity contribution in [1.82, 2.24) is 5.32 Å². The number of hydrogen-bond donors (Lipinski definition) is 3. The number of urea groups is 1. The second-order valence-corrected chi connectivity index (χ2v) is 6.52. The number of benzene rings is 3. The summed E-state index contributed by atoms with van der Waals surface area (Å²) in [6, 6.07) is 22.9. The lowest BCUT2D eigenvalue weighted by Gasteiger charge is -2.10. The fourth-order valence-corrected chi connectivity index (χ4v) is 2.79. The van der Waals surface area contributed by atoms with E-state index in [4.69, 9.17) is 5.26 Å². The number of aryl methyl sites for hydroxylation is 1. The average Bonchev–Trinajstić information content (AvgIpc) is 2.72. The molecule has 3 rings (SSSR count). The van der Waals surface area contributed by atoms with Gasteiger partial charge in [0.2, 0.25) is 0 Å². The molecule has 0 saturated carbocycles. The first-order chi connectivity index (χ1) is 14.0. The van der Waals surface area contributed by atoms with Crippen LogP contribution in [0.1, 0.15) is 27.0 Å². The maximum absolute atomic E-state index is 12.5. The maximum Gasteiger partial charge on any atom is 0.319 e. The molecular formula is C23H20N4O2. The highest BCUT2D eigenvalue weighted by atomic mass is 16.2. The summed E-state index contributed by atoms with van der Waals surface area (Å²) in [5.41, 5.74) is 4.03. The molecule has 144 valence electrons. The fraction of sp³-hybridized carbons (Fsp3) is 0.0870. The van der Waals surface area contributed by atoms with Crippen LogP contribution in [0.4, 0.5) is 16.2 Å². The molecule has 0 radical (unpaired) electrons. The monoisotopic (exact) mass is 384 g/mol. The molecule has 0 heterocycles. The van der Waals surface area contributed by atoms with Crippen molar-refractivity contribution in [3.8, 4) is 6.07 Å². The molecule has 0 aliphatic rings. The number of nitrogens with zero attached hydrogens (tertiary/aromatic N) is 1. The van der Waals surface area contributed by atoms with E-state index in [-0.39, 0.29) is 11.9 Å². The van der Waals surface area contributed by atoms with Crippen molar-refractivity contribution in [2.75, 3.05) is 10.6 Å². The molecule has 0 aliphatic carbocycles. The van der Waals surface area contributed by atoms with Crippen LogP contribution < -0.4 is 16.0 Å². The van der Waals surface area contributed by atoms with Gasteiger partial charge in [-0.1, -0.05) is 42.0 Å². The quantitative estimate of drug-likeness (QED) is 0.607. The van der Waals surface area contributed by atoms with E-state index in [0.717, 1.165) is 11.1 Å². The lowest BCUT2D eigenvalue weighted by atomic mass is 10.1. The third-order valence-corrected chi connectivity index (χ3v) is 4.17. The summed E-state index contributed by atoms with van der Waals surface area (Å²) in [7, 11) is 0. The summed E-state index contributed by atoms with van der Waals surface area (Å²) >= 11 is 0. The van der Waals surface area contributed by atoms with Gasteiger partial charge in [-0.25, -0.2) is 4.79 Å². The molecule has 3 N–H and O–H groups in total. The fourth-order valence-electron chi connectivity index (χ4n) is 2.79. The van der Waals surface area contributed by atoms with Gasteiger partial charge in [-0.2, -0.15) is 5.26 Å². The number of anilines is 2. The zero-order valence-electron chi connectivity index (χ0n) is 15.9. The number of carbonyl (C=O) groups is 2.